The quantitative estimate of drug-likeness (QED) is 0.157. The molecule has 0 unspecified atom stereocenters. The maximum absolute atomic E-state index is 4.92. The molecule has 308 valence electrons. The van der Waals surface area contributed by atoms with Gasteiger partial charge in [0.25, 0.3) is 0 Å². The highest BCUT2D eigenvalue weighted by Crippen LogP contribution is 2.45. The van der Waals surface area contributed by atoms with E-state index in [0.717, 1.165) is 32.2 Å². The molecule has 64 heavy (non-hydrogen) atoms. The molecule has 6 aromatic heterocycles. The molecule has 0 radical (unpaired) electrons. The summed E-state index contributed by atoms with van der Waals surface area (Å²) in [5.74, 6) is 9.59. The molecule has 0 spiro atoms. The van der Waals surface area contributed by atoms with Crippen LogP contribution in [0.1, 0.15) is 63.8 Å². The van der Waals surface area contributed by atoms with Crippen molar-refractivity contribution in [1.82, 2.24) is 57.6 Å². The standard InChI is InChI=1S/C46H40B4N12S2/c1-45(2,3)31-11-13-33-37(63-43-55-39-41(61(33)43)53-21-19-51-39)35(31)29-15-25-59-48-18-8-10-24-58(48)50-28-30(16-26-60(50)47-17-7-9-23-57(47)49(59)27-29)36-32(46(4,5)6)12-14-34-38(36)64-44-56-40-42(62(34)44)54-22-20-52-40/h7-28H,1-6H3. The summed E-state index contributed by atoms with van der Waals surface area (Å²) in [6.45, 7) is 13.4. The number of fused-ring (bicyclic) bond motifs is 18. The fourth-order valence-corrected chi connectivity index (χ4v) is 12.6. The zero-order chi connectivity index (χ0) is 43.2. The van der Waals surface area contributed by atoms with E-state index in [1.807, 2.05) is 0 Å². The number of nitrogens with zero attached hydrogens (tertiary/aromatic N) is 12. The molecule has 0 atom stereocenters. The number of aromatic nitrogens is 8. The molecule has 18 heteroatoms. The Morgan fingerprint density at radius 3 is 1.34 bits per heavy atom. The number of imidazole rings is 2. The molecule has 1 fully saturated rings. The van der Waals surface area contributed by atoms with Gasteiger partial charge < -0.3 is 18.9 Å². The van der Waals surface area contributed by atoms with E-state index in [2.05, 4.69) is 189 Å². The van der Waals surface area contributed by atoms with Gasteiger partial charge in [-0.1, -0.05) is 112 Å². The number of hydrogen-bond acceptors (Lipinski definition) is 12. The van der Waals surface area contributed by atoms with E-state index >= 15 is 0 Å². The first-order valence-corrected chi connectivity index (χ1v) is 23.4. The number of thiazole rings is 2. The van der Waals surface area contributed by atoms with E-state index < -0.39 is 0 Å². The second-order valence-electron chi connectivity index (χ2n) is 19.0. The first kappa shape index (κ1) is 37.9. The minimum absolute atomic E-state index is 0.0819. The molecular weight excluding hydrogens is 828 g/mol. The minimum Gasteiger partial charge on any atom is -0.423 e. The normalized spacial score (nSPS) is 17.4. The number of benzene rings is 2. The van der Waals surface area contributed by atoms with E-state index in [1.165, 1.54) is 42.8 Å². The third kappa shape index (κ3) is 5.44. The molecule has 0 saturated carbocycles. The molecule has 0 bridgehead atoms. The number of hydrogen-bond donors (Lipinski definition) is 0. The number of rotatable bonds is 2. The molecule has 13 rings (SSSR count). The lowest BCUT2D eigenvalue weighted by Gasteiger charge is -2.53. The summed E-state index contributed by atoms with van der Waals surface area (Å²) in [4.78, 5) is 30.1. The van der Waals surface area contributed by atoms with Crippen molar-refractivity contribution in [2.24, 2.45) is 0 Å². The Balaban J connectivity index is 0.962. The zero-order valence-corrected chi connectivity index (χ0v) is 37.8. The molecule has 2 aromatic carbocycles. The summed E-state index contributed by atoms with van der Waals surface area (Å²) in [6.07, 6.45) is 29.4. The van der Waals surface area contributed by atoms with Gasteiger partial charge in [0.1, 0.15) is 0 Å². The van der Waals surface area contributed by atoms with Gasteiger partial charge in [-0.2, -0.15) is 9.97 Å². The van der Waals surface area contributed by atoms with Gasteiger partial charge in [-0.15, -0.1) is 0 Å². The Bertz CT molecular complexity index is 3330. The van der Waals surface area contributed by atoms with Gasteiger partial charge in [-0.25, -0.2) is 19.9 Å². The fourth-order valence-electron chi connectivity index (χ4n) is 10.3. The van der Waals surface area contributed by atoms with Crippen molar-refractivity contribution in [2.45, 2.75) is 52.4 Å². The van der Waals surface area contributed by atoms with Crippen molar-refractivity contribution in [3.05, 3.63) is 156 Å². The van der Waals surface area contributed by atoms with Crippen molar-refractivity contribution in [2.75, 3.05) is 0 Å². The molecule has 12 nitrogen and oxygen atoms in total. The summed E-state index contributed by atoms with van der Waals surface area (Å²) in [5, 5.41) is 0. The van der Waals surface area contributed by atoms with Crippen LogP contribution < -0.4 is 0 Å². The minimum atomic E-state index is -0.116. The Labute approximate surface area is 379 Å². The van der Waals surface area contributed by atoms with Crippen LogP contribution >= 0.6 is 22.7 Å². The average Bonchev–Trinajstić information content (AvgIpc) is 4.05. The third-order valence-corrected chi connectivity index (χ3v) is 15.3. The highest BCUT2D eigenvalue weighted by Gasteiger charge is 2.51. The molecule has 8 aromatic rings. The zero-order valence-electron chi connectivity index (χ0n) is 36.2. The summed E-state index contributed by atoms with van der Waals surface area (Å²) < 4.78 is 16.8. The van der Waals surface area contributed by atoms with Crippen LogP contribution in [-0.2, 0) is 10.8 Å². The van der Waals surface area contributed by atoms with Crippen molar-refractivity contribution < 1.29 is 0 Å². The van der Waals surface area contributed by atoms with Crippen LogP contribution in [0.25, 0.3) is 64.1 Å². The lowest BCUT2D eigenvalue weighted by molar-refractivity contribution is 0.589. The highest BCUT2D eigenvalue weighted by molar-refractivity contribution is 7.24. The molecule has 1 saturated heterocycles. The Kier molecular flexibility index (Phi) is 7.95. The topological polar surface area (TPSA) is 99.1 Å². The van der Waals surface area contributed by atoms with Crippen LogP contribution in [-0.4, -0.2) is 85.5 Å². The molecule has 0 amide bonds. The molecular formula is C46H40B4N12S2. The summed E-state index contributed by atoms with van der Waals surface area (Å²) >= 11 is 3.43. The summed E-state index contributed by atoms with van der Waals surface area (Å²) in [7, 11) is 0. The molecule has 5 aliphatic heterocycles. The van der Waals surface area contributed by atoms with E-state index in [1.54, 1.807) is 47.5 Å². The predicted molar refractivity (Wildman–Crippen MR) is 266 cm³/mol. The van der Waals surface area contributed by atoms with Gasteiger partial charge in [0.05, 0.1) is 20.4 Å². The molecule has 0 aliphatic carbocycles. The van der Waals surface area contributed by atoms with Gasteiger partial charge in [-0.3, -0.25) is 8.80 Å². The first-order valence-electron chi connectivity index (χ1n) is 21.7. The first-order chi connectivity index (χ1) is 31.0. The van der Waals surface area contributed by atoms with Gasteiger partial charge in [0.15, 0.2) is 32.5 Å². The van der Waals surface area contributed by atoms with E-state index in [0.29, 0.717) is 11.3 Å². The predicted octanol–water partition coefficient (Wildman–Crippen LogP) is 8.91. The monoisotopic (exact) mass is 868 g/mol. The van der Waals surface area contributed by atoms with Crippen molar-refractivity contribution in [3.8, 4) is 0 Å². The largest absolute Gasteiger partial charge is 0.423 e. The van der Waals surface area contributed by atoms with Crippen LogP contribution in [0.3, 0.4) is 0 Å². The second-order valence-corrected chi connectivity index (χ2v) is 21.0. The summed E-state index contributed by atoms with van der Waals surface area (Å²) in [6, 6.07) is 9.08. The molecule has 11 heterocycles. The van der Waals surface area contributed by atoms with Crippen LogP contribution in [0, 0.1) is 0 Å². The van der Waals surface area contributed by atoms with Crippen molar-refractivity contribution in [3.63, 3.8) is 0 Å². The molecule has 5 aliphatic rings. The van der Waals surface area contributed by atoms with Gasteiger partial charge in [-0.05, 0) is 94.3 Å². The fraction of sp³-hybridized carbons (Fsp3) is 0.174. The van der Waals surface area contributed by atoms with Gasteiger partial charge in [0.2, 0.25) is 0 Å². The van der Waals surface area contributed by atoms with Crippen LogP contribution in [0.15, 0.2) is 134 Å². The summed E-state index contributed by atoms with van der Waals surface area (Å²) in [5.41, 5.74) is 12.3. The van der Waals surface area contributed by atoms with Crippen LogP contribution in [0.5, 0.6) is 0 Å². The van der Waals surface area contributed by atoms with Crippen molar-refractivity contribution >= 4 is 115 Å². The van der Waals surface area contributed by atoms with Crippen molar-refractivity contribution in [1.29, 1.82) is 0 Å². The van der Waals surface area contributed by atoms with E-state index in [-0.39, 0.29) is 38.8 Å². The highest BCUT2D eigenvalue weighted by atomic mass is 32.1. The van der Waals surface area contributed by atoms with Gasteiger partial charge in [0, 0.05) is 35.9 Å². The molecule has 0 N–H and O–H groups in total. The SMILES string of the molecule is CC(C)(C)c1ccc2c(sc3nc4nccnc4n32)c1C1=CB2N3C=CC=CB3N3C=CC(c4c(C(C)(C)C)ccc5c4sc4nc6nccnc6n45)=CB3N3C=CC=CB3N2C=C1. The van der Waals surface area contributed by atoms with Crippen LogP contribution in [0.2, 0.25) is 0 Å². The lowest BCUT2D eigenvalue weighted by Crippen LogP contribution is -2.73. The maximum atomic E-state index is 4.92. The van der Waals surface area contributed by atoms with Gasteiger partial charge >= 0.3 is 27.9 Å². The van der Waals surface area contributed by atoms with E-state index in [9.17, 15) is 0 Å². The maximum Gasteiger partial charge on any atom is 0.381 e. The average molecular weight is 868 g/mol. The Morgan fingerprint density at radius 1 is 0.484 bits per heavy atom. The van der Waals surface area contributed by atoms with E-state index in [4.69, 9.17) is 19.9 Å². The smallest absolute Gasteiger partial charge is 0.381 e. The lowest BCUT2D eigenvalue weighted by atomic mass is 9.41. The third-order valence-electron chi connectivity index (χ3n) is 13.1. The Morgan fingerprint density at radius 2 is 0.906 bits per heavy atom. The second kappa shape index (κ2) is 13.4. The van der Waals surface area contributed by atoms with Crippen LogP contribution in [0.4, 0.5) is 0 Å². The Hall–Kier alpha value is -6.64. The number of allylic oxidation sites excluding steroid dienone is 8.